The van der Waals surface area contributed by atoms with E-state index in [9.17, 15) is 0 Å². The van der Waals surface area contributed by atoms with Crippen molar-refractivity contribution in [2.45, 2.75) is 33.2 Å². The molecule has 1 unspecified atom stereocenters. The van der Waals surface area contributed by atoms with Gasteiger partial charge >= 0.3 is 0 Å². The Morgan fingerprint density at radius 3 is 2.50 bits per heavy atom. The summed E-state index contributed by atoms with van der Waals surface area (Å²) in [4.78, 5) is 6.39. The van der Waals surface area contributed by atoms with E-state index in [2.05, 4.69) is 30.7 Å². The van der Waals surface area contributed by atoms with Crippen molar-refractivity contribution in [2.75, 3.05) is 13.6 Å². The minimum Gasteiger partial charge on any atom is -0.366 e. The molecule has 0 aromatic carbocycles. The van der Waals surface area contributed by atoms with E-state index >= 15 is 0 Å². The maximum absolute atomic E-state index is 4.31. The van der Waals surface area contributed by atoms with Gasteiger partial charge in [0.15, 0.2) is 0 Å². The Bertz CT molecular complexity index is 87.4. The molecule has 0 aromatic heterocycles. The van der Waals surface area contributed by atoms with Crippen LogP contribution < -0.4 is 0 Å². The van der Waals surface area contributed by atoms with Gasteiger partial charge in [-0.05, 0) is 20.3 Å². The first-order valence-electron chi connectivity index (χ1n) is 3.94. The Balaban J connectivity index is 3.52. The summed E-state index contributed by atoms with van der Waals surface area (Å²) in [6.07, 6.45) is 3.03. The maximum atomic E-state index is 4.31. The van der Waals surface area contributed by atoms with E-state index in [1.165, 1.54) is 0 Å². The fourth-order valence-electron chi connectivity index (χ4n) is 0.415. The Labute approximate surface area is 63.9 Å². The number of hydrogen-bond acceptors (Lipinski definition) is 1. The number of rotatable bonds is 4. The van der Waals surface area contributed by atoms with Crippen LogP contribution in [0.2, 0.25) is 0 Å². The zero-order chi connectivity index (χ0) is 7.98. The maximum Gasteiger partial charge on any atom is 0.0850 e. The summed E-state index contributed by atoms with van der Waals surface area (Å²) in [5, 5.41) is 0. The van der Waals surface area contributed by atoms with Gasteiger partial charge in [-0.2, -0.15) is 0 Å². The zero-order valence-electron chi connectivity index (χ0n) is 7.46. The molecule has 0 N–H and O–H groups in total. The van der Waals surface area contributed by atoms with Crippen LogP contribution in [-0.2, 0) is 0 Å². The summed E-state index contributed by atoms with van der Waals surface area (Å²) in [5.41, 5.74) is 0. The normalized spacial score (nSPS) is 14.0. The van der Waals surface area contributed by atoms with Crippen molar-refractivity contribution in [1.82, 2.24) is 4.90 Å². The van der Waals surface area contributed by atoms with Gasteiger partial charge in [0.25, 0.3) is 0 Å². The van der Waals surface area contributed by atoms with Crippen molar-refractivity contribution in [3.05, 3.63) is 0 Å². The van der Waals surface area contributed by atoms with Gasteiger partial charge in [-0.1, -0.05) is 6.92 Å². The van der Waals surface area contributed by atoms with Gasteiger partial charge < -0.3 is 4.90 Å². The molecule has 0 radical (unpaired) electrons. The van der Waals surface area contributed by atoms with Crippen LogP contribution >= 0.6 is 0 Å². The average molecular weight is 142 g/mol. The van der Waals surface area contributed by atoms with E-state index in [1.807, 2.05) is 13.4 Å². The SMILES string of the molecule is CCC(C)/N=C\N(C)CC. The van der Waals surface area contributed by atoms with Crippen LogP contribution in [-0.4, -0.2) is 30.9 Å². The molecule has 0 aliphatic carbocycles. The van der Waals surface area contributed by atoms with Gasteiger partial charge in [0.05, 0.1) is 6.34 Å². The highest BCUT2D eigenvalue weighted by molar-refractivity contribution is 5.54. The highest BCUT2D eigenvalue weighted by Gasteiger charge is 1.91. The van der Waals surface area contributed by atoms with Gasteiger partial charge in [-0.25, -0.2) is 0 Å². The van der Waals surface area contributed by atoms with Crippen molar-refractivity contribution in [3.63, 3.8) is 0 Å². The highest BCUT2D eigenvalue weighted by atomic mass is 15.1. The third-order valence-electron chi connectivity index (χ3n) is 1.61. The first-order valence-corrected chi connectivity index (χ1v) is 3.94. The third-order valence-corrected chi connectivity index (χ3v) is 1.61. The molecule has 0 aromatic rings. The third kappa shape index (κ3) is 4.36. The van der Waals surface area contributed by atoms with Gasteiger partial charge in [0, 0.05) is 19.6 Å². The van der Waals surface area contributed by atoms with Crippen molar-refractivity contribution in [3.8, 4) is 0 Å². The van der Waals surface area contributed by atoms with Crippen LogP contribution in [0.25, 0.3) is 0 Å². The molecule has 0 saturated carbocycles. The van der Waals surface area contributed by atoms with Crippen molar-refractivity contribution < 1.29 is 0 Å². The summed E-state index contributed by atoms with van der Waals surface area (Å²) in [6, 6.07) is 0.467. The topological polar surface area (TPSA) is 15.6 Å². The van der Waals surface area contributed by atoms with Gasteiger partial charge in [0.1, 0.15) is 0 Å². The van der Waals surface area contributed by atoms with E-state index < -0.39 is 0 Å². The Hall–Kier alpha value is -0.530. The minimum atomic E-state index is 0.467. The predicted molar refractivity (Wildman–Crippen MR) is 46.5 cm³/mol. The number of nitrogens with zero attached hydrogens (tertiary/aromatic N) is 2. The Kier molecular flexibility index (Phi) is 4.99. The molecule has 0 aliphatic heterocycles. The smallest absolute Gasteiger partial charge is 0.0850 e. The van der Waals surface area contributed by atoms with Gasteiger partial charge in [-0.3, -0.25) is 4.99 Å². The average Bonchev–Trinajstić information content (AvgIpc) is 1.99. The molecule has 0 saturated heterocycles. The van der Waals surface area contributed by atoms with E-state index in [0.29, 0.717) is 6.04 Å². The molecular weight excluding hydrogens is 124 g/mol. The molecule has 0 aliphatic rings. The van der Waals surface area contributed by atoms with Crippen molar-refractivity contribution >= 4 is 6.34 Å². The van der Waals surface area contributed by atoms with Crippen LogP contribution in [0.3, 0.4) is 0 Å². The monoisotopic (exact) mass is 142 g/mol. The van der Waals surface area contributed by atoms with Crippen LogP contribution in [0, 0.1) is 0 Å². The summed E-state index contributed by atoms with van der Waals surface area (Å²) in [6.45, 7) is 7.41. The van der Waals surface area contributed by atoms with Crippen molar-refractivity contribution in [2.24, 2.45) is 4.99 Å². The minimum absolute atomic E-state index is 0.467. The standard InChI is InChI=1S/C8H18N2/c1-5-8(3)9-7-10(4)6-2/h7-8H,5-6H2,1-4H3/b9-7-. The van der Waals surface area contributed by atoms with Gasteiger partial charge in [-0.15, -0.1) is 0 Å². The fraction of sp³-hybridized carbons (Fsp3) is 0.875. The molecule has 1 atom stereocenters. The molecule has 2 nitrogen and oxygen atoms in total. The fourth-order valence-corrected chi connectivity index (χ4v) is 0.415. The Morgan fingerprint density at radius 2 is 2.10 bits per heavy atom. The molecular formula is C8H18N2. The van der Waals surface area contributed by atoms with Crippen LogP contribution in [0.1, 0.15) is 27.2 Å². The second kappa shape index (κ2) is 5.27. The lowest BCUT2D eigenvalue weighted by Gasteiger charge is -2.09. The second-order valence-electron chi connectivity index (χ2n) is 2.60. The molecule has 0 amide bonds. The lowest BCUT2D eigenvalue weighted by Crippen LogP contribution is -2.16. The van der Waals surface area contributed by atoms with E-state index in [1.54, 1.807) is 0 Å². The van der Waals surface area contributed by atoms with Crippen molar-refractivity contribution in [1.29, 1.82) is 0 Å². The predicted octanol–water partition coefficient (Wildman–Crippen LogP) is 1.76. The molecule has 2 heteroatoms. The molecule has 0 rings (SSSR count). The van der Waals surface area contributed by atoms with Crippen LogP contribution in [0.4, 0.5) is 0 Å². The zero-order valence-corrected chi connectivity index (χ0v) is 7.46. The molecule has 0 bridgehead atoms. The van der Waals surface area contributed by atoms with E-state index in [-0.39, 0.29) is 0 Å². The summed E-state index contributed by atoms with van der Waals surface area (Å²) in [7, 11) is 2.03. The first-order chi connectivity index (χ1) is 4.70. The molecule has 0 fully saturated rings. The molecule has 10 heavy (non-hydrogen) atoms. The Morgan fingerprint density at radius 1 is 1.50 bits per heavy atom. The summed E-state index contributed by atoms with van der Waals surface area (Å²) in [5.74, 6) is 0. The largest absolute Gasteiger partial charge is 0.366 e. The molecule has 0 spiro atoms. The number of hydrogen-bond donors (Lipinski definition) is 0. The second-order valence-corrected chi connectivity index (χ2v) is 2.60. The summed E-state index contributed by atoms with van der Waals surface area (Å²) >= 11 is 0. The van der Waals surface area contributed by atoms with Crippen LogP contribution in [0.5, 0.6) is 0 Å². The lowest BCUT2D eigenvalue weighted by molar-refractivity contribution is 0.543. The van der Waals surface area contributed by atoms with E-state index in [0.717, 1.165) is 13.0 Å². The number of aliphatic imine (C=N–C) groups is 1. The molecule has 0 heterocycles. The lowest BCUT2D eigenvalue weighted by atomic mass is 10.3. The quantitative estimate of drug-likeness (QED) is 0.431. The van der Waals surface area contributed by atoms with Gasteiger partial charge in [0.2, 0.25) is 0 Å². The van der Waals surface area contributed by atoms with Crippen LogP contribution in [0.15, 0.2) is 4.99 Å². The summed E-state index contributed by atoms with van der Waals surface area (Å²) < 4.78 is 0. The highest BCUT2D eigenvalue weighted by Crippen LogP contribution is 1.92. The first kappa shape index (κ1) is 9.47. The molecule has 60 valence electrons. The van der Waals surface area contributed by atoms with E-state index in [4.69, 9.17) is 0 Å².